The Morgan fingerprint density at radius 3 is 2.40 bits per heavy atom. The number of likely N-dealkylation sites (tertiary alicyclic amines) is 1. The smallest absolute Gasteiger partial charge is 0.419 e. The average Bonchev–Trinajstić information content (AvgIpc) is 3.05. The van der Waals surface area contributed by atoms with Crippen LogP contribution >= 0.6 is 0 Å². The molecule has 3 rings (SSSR count). The Morgan fingerprint density at radius 2 is 1.87 bits per heavy atom. The first-order valence-electron chi connectivity index (χ1n) is 8.79. The van der Waals surface area contributed by atoms with E-state index in [2.05, 4.69) is 4.72 Å². The van der Waals surface area contributed by atoms with E-state index in [4.69, 9.17) is 4.74 Å². The molecule has 2 aromatic carbocycles. The van der Waals surface area contributed by atoms with Gasteiger partial charge in [0.25, 0.3) is 15.7 Å². The summed E-state index contributed by atoms with van der Waals surface area (Å²) < 4.78 is 72.8. The van der Waals surface area contributed by atoms with Gasteiger partial charge < -0.3 is 9.64 Å². The van der Waals surface area contributed by atoms with Crippen LogP contribution in [0.2, 0.25) is 0 Å². The number of nitro benzene ring substituents is 1. The van der Waals surface area contributed by atoms with Crippen molar-refractivity contribution in [3.8, 4) is 5.75 Å². The number of alkyl halides is 3. The van der Waals surface area contributed by atoms with Gasteiger partial charge in [0.1, 0.15) is 11.9 Å². The quantitative estimate of drug-likeness (QED) is 0.540. The number of nitrogens with one attached hydrogen (secondary N) is 1. The summed E-state index contributed by atoms with van der Waals surface area (Å²) in [6, 6.07) is 6.84. The van der Waals surface area contributed by atoms with E-state index in [0.717, 1.165) is 42.5 Å². The molecule has 1 unspecified atom stereocenters. The molecule has 0 saturated carbocycles. The van der Waals surface area contributed by atoms with E-state index in [1.807, 2.05) is 11.9 Å². The van der Waals surface area contributed by atoms with Crippen LogP contribution in [-0.2, 0) is 16.2 Å². The molecule has 1 heterocycles. The number of likely N-dealkylation sites (N-methyl/N-ethyl adjacent to an activating group) is 1. The lowest BCUT2D eigenvalue weighted by Gasteiger charge is -2.19. The van der Waals surface area contributed by atoms with Gasteiger partial charge in [0.15, 0.2) is 0 Å². The summed E-state index contributed by atoms with van der Waals surface area (Å²) in [5.74, 6) is -0.466. The summed E-state index contributed by atoms with van der Waals surface area (Å²) in [4.78, 5) is 11.7. The van der Waals surface area contributed by atoms with E-state index < -0.39 is 38.5 Å². The Balaban J connectivity index is 1.88. The number of benzene rings is 2. The highest BCUT2D eigenvalue weighted by molar-refractivity contribution is 7.92. The number of anilines is 1. The lowest BCUT2D eigenvalue weighted by atomic mass is 10.1. The average molecular weight is 445 g/mol. The zero-order valence-corrected chi connectivity index (χ0v) is 16.5. The van der Waals surface area contributed by atoms with E-state index >= 15 is 0 Å². The zero-order chi connectivity index (χ0) is 22.1. The van der Waals surface area contributed by atoms with Crippen molar-refractivity contribution in [2.75, 3.05) is 24.9 Å². The SMILES string of the molecule is CN1CCC(Oc2cc(NS(=O)(=O)c3ccc([N+](=O)[O-])cc3)ccc2C(F)(F)F)C1. The molecule has 30 heavy (non-hydrogen) atoms. The molecule has 162 valence electrons. The molecule has 1 N–H and O–H groups in total. The van der Waals surface area contributed by atoms with Crippen molar-refractivity contribution in [2.24, 2.45) is 0 Å². The topological polar surface area (TPSA) is 102 Å². The zero-order valence-electron chi connectivity index (χ0n) is 15.7. The van der Waals surface area contributed by atoms with Crippen molar-refractivity contribution in [3.63, 3.8) is 0 Å². The summed E-state index contributed by atoms with van der Waals surface area (Å²) in [5.41, 5.74) is -1.42. The molecule has 2 aromatic rings. The molecule has 1 fully saturated rings. The van der Waals surface area contributed by atoms with Crippen LogP contribution in [0.1, 0.15) is 12.0 Å². The summed E-state index contributed by atoms with van der Waals surface area (Å²) in [6.45, 7) is 1.13. The maximum Gasteiger partial charge on any atom is 0.419 e. The fourth-order valence-corrected chi connectivity index (χ4v) is 4.10. The third kappa shape index (κ3) is 5.00. The highest BCUT2D eigenvalue weighted by Crippen LogP contribution is 2.39. The molecule has 0 spiro atoms. The van der Waals surface area contributed by atoms with Gasteiger partial charge in [0.2, 0.25) is 0 Å². The fourth-order valence-electron chi connectivity index (χ4n) is 3.05. The van der Waals surface area contributed by atoms with E-state index in [1.165, 1.54) is 0 Å². The lowest BCUT2D eigenvalue weighted by Crippen LogP contribution is -2.23. The van der Waals surface area contributed by atoms with Gasteiger partial charge in [-0.3, -0.25) is 14.8 Å². The van der Waals surface area contributed by atoms with Crippen molar-refractivity contribution in [2.45, 2.75) is 23.6 Å². The number of ether oxygens (including phenoxy) is 1. The molecule has 8 nitrogen and oxygen atoms in total. The highest BCUT2D eigenvalue weighted by Gasteiger charge is 2.36. The first-order valence-corrected chi connectivity index (χ1v) is 10.3. The minimum Gasteiger partial charge on any atom is -0.488 e. The third-order valence-electron chi connectivity index (χ3n) is 4.54. The number of nitro groups is 1. The largest absolute Gasteiger partial charge is 0.488 e. The Hall–Kier alpha value is -2.86. The number of non-ortho nitro benzene ring substituents is 1. The fraction of sp³-hybridized carbons (Fsp3) is 0.333. The molecule has 12 heteroatoms. The van der Waals surface area contributed by atoms with E-state index in [-0.39, 0.29) is 16.3 Å². The van der Waals surface area contributed by atoms with Crippen LogP contribution in [0.25, 0.3) is 0 Å². The Bertz CT molecular complexity index is 1040. The third-order valence-corrected chi connectivity index (χ3v) is 5.94. The maximum atomic E-state index is 13.4. The highest BCUT2D eigenvalue weighted by atomic mass is 32.2. The Kier molecular flexibility index (Phi) is 5.90. The molecule has 0 amide bonds. The number of nitrogens with zero attached hydrogens (tertiary/aromatic N) is 2. The number of hydrogen-bond donors (Lipinski definition) is 1. The van der Waals surface area contributed by atoms with Crippen LogP contribution in [0.5, 0.6) is 5.75 Å². The number of sulfonamides is 1. The predicted molar refractivity (Wildman–Crippen MR) is 102 cm³/mol. The second-order valence-corrected chi connectivity index (χ2v) is 8.54. The van der Waals surface area contributed by atoms with Crippen molar-refractivity contribution >= 4 is 21.4 Å². The van der Waals surface area contributed by atoms with Crippen molar-refractivity contribution in [1.82, 2.24) is 4.90 Å². The standard InChI is InChI=1S/C18H18F3N3O5S/c1-23-9-8-14(11-23)29-17-10-12(2-7-16(17)18(19,20)21)22-30(27,28)15-5-3-13(4-6-15)24(25)26/h2-7,10,14,22H,8-9,11H2,1H3. The molecule has 0 bridgehead atoms. The van der Waals surface area contributed by atoms with Crippen LogP contribution in [0.3, 0.4) is 0 Å². The predicted octanol–water partition coefficient (Wildman–Crippen LogP) is 3.50. The van der Waals surface area contributed by atoms with Gasteiger partial charge in [-0.1, -0.05) is 0 Å². The van der Waals surface area contributed by atoms with E-state index in [9.17, 15) is 31.7 Å². The minimum absolute atomic E-state index is 0.122. The molecule has 0 aromatic heterocycles. The van der Waals surface area contributed by atoms with Crippen molar-refractivity contribution < 1.29 is 31.2 Å². The van der Waals surface area contributed by atoms with Gasteiger partial charge in [-0.25, -0.2) is 8.42 Å². The number of rotatable bonds is 6. The van der Waals surface area contributed by atoms with Crippen molar-refractivity contribution in [1.29, 1.82) is 0 Å². The molecule has 1 aliphatic heterocycles. The number of hydrogen-bond acceptors (Lipinski definition) is 6. The van der Waals surface area contributed by atoms with E-state index in [0.29, 0.717) is 19.5 Å². The van der Waals surface area contributed by atoms with Gasteiger partial charge >= 0.3 is 6.18 Å². The lowest BCUT2D eigenvalue weighted by molar-refractivity contribution is -0.384. The van der Waals surface area contributed by atoms with Gasteiger partial charge in [-0.15, -0.1) is 0 Å². The second kappa shape index (κ2) is 8.11. The first kappa shape index (κ1) is 21.8. The Morgan fingerprint density at radius 1 is 1.20 bits per heavy atom. The molecule has 1 atom stereocenters. The molecular weight excluding hydrogens is 427 g/mol. The summed E-state index contributed by atoms with van der Waals surface area (Å²) in [5, 5.41) is 10.7. The van der Waals surface area contributed by atoms with Gasteiger partial charge in [0, 0.05) is 31.3 Å². The first-order chi connectivity index (χ1) is 14.0. The van der Waals surface area contributed by atoms with Gasteiger partial charge in [-0.05, 0) is 37.7 Å². The van der Waals surface area contributed by atoms with E-state index in [1.54, 1.807) is 0 Å². The minimum atomic E-state index is -4.67. The van der Waals surface area contributed by atoms with Crippen LogP contribution in [0.4, 0.5) is 24.5 Å². The molecule has 0 radical (unpaired) electrons. The molecule has 1 aliphatic rings. The number of halogens is 3. The molecule has 0 aliphatic carbocycles. The van der Waals surface area contributed by atoms with Crippen LogP contribution < -0.4 is 9.46 Å². The normalized spacial score (nSPS) is 17.7. The van der Waals surface area contributed by atoms with Crippen LogP contribution in [0, 0.1) is 10.1 Å². The summed E-state index contributed by atoms with van der Waals surface area (Å²) >= 11 is 0. The van der Waals surface area contributed by atoms with Crippen LogP contribution in [0.15, 0.2) is 47.4 Å². The molecule has 1 saturated heterocycles. The summed E-state index contributed by atoms with van der Waals surface area (Å²) in [6.07, 6.45) is -4.57. The summed E-state index contributed by atoms with van der Waals surface area (Å²) in [7, 11) is -2.35. The molecular formula is C18H18F3N3O5S. The van der Waals surface area contributed by atoms with Gasteiger partial charge in [0.05, 0.1) is 21.1 Å². The monoisotopic (exact) mass is 445 g/mol. The van der Waals surface area contributed by atoms with Crippen molar-refractivity contribution in [3.05, 3.63) is 58.1 Å². The van der Waals surface area contributed by atoms with Gasteiger partial charge in [-0.2, -0.15) is 13.2 Å². The Labute approximate surface area is 170 Å². The van der Waals surface area contributed by atoms with Crippen LogP contribution in [-0.4, -0.2) is 44.5 Å². The maximum absolute atomic E-state index is 13.4. The second-order valence-electron chi connectivity index (χ2n) is 6.86.